The van der Waals surface area contributed by atoms with Crippen molar-refractivity contribution in [2.24, 2.45) is 0 Å². The molecule has 0 heterocycles. The molecule has 0 saturated heterocycles. The van der Waals surface area contributed by atoms with Gasteiger partial charge in [0.1, 0.15) is 5.82 Å². The van der Waals surface area contributed by atoms with Gasteiger partial charge >= 0.3 is 0 Å². The maximum absolute atomic E-state index is 12.9. The summed E-state index contributed by atoms with van der Waals surface area (Å²) in [5.74, 6) is -0.806. The zero-order valence-corrected chi connectivity index (χ0v) is 10.1. The van der Waals surface area contributed by atoms with Crippen LogP contribution in [0.15, 0.2) is 36.4 Å². The SMILES string of the molecule is Oc1ccc(CNc2ccc(F)c(Cl)c2)cc1O. The zero-order valence-electron chi connectivity index (χ0n) is 9.32. The van der Waals surface area contributed by atoms with Crippen LogP contribution < -0.4 is 5.32 Å². The van der Waals surface area contributed by atoms with Gasteiger partial charge in [-0.15, -0.1) is 0 Å². The number of phenols is 2. The largest absolute Gasteiger partial charge is 0.504 e. The fourth-order valence-corrected chi connectivity index (χ4v) is 1.67. The van der Waals surface area contributed by atoms with Crippen LogP contribution in [-0.2, 0) is 6.54 Å². The Kier molecular flexibility index (Phi) is 3.58. The topological polar surface area (TPSA) is 52.5 Å². The molecule has 0 fully saturated rings. The minimum absolute atomic E-state index is 0.0496. The summed E-state index contributed by atoms with van der Waals surface area (Å²) >= 11 is 5.65. The van der Waals surface area contributed by atoms with Gasteiger partial charge < -0.3 is 15.5 Å². The van der Waals surface area contributed by atoms with Crippen LogP contribution in [0.5, 0.6) is 11.5 Å². The minimum atomic E-state index is -0.468. The Hall–Kier alpha value is -1.94. The highest BCUT2D eigenvalue weighted by molar-refractivity contribution is 6.31. The van der Waals surface area contributed by atoms with Gasteiger partial charge in [0.15, 0.2) is 11.5 Å². The van der Waals surface area contributed by atoms with Gasteiger partial charge in [-0.3, -0.25) is 0 Å². The molecule has 0 unspecified atom stereocenters. The molecule has 0 aliphatic heterocycles. The van der Waals surface area contributed by atoms with Gasteiger partial charge in [-0.1, -0.05) is 17.7 Å². The lowest BCUT2D eigenvalue weighted by molar-refractivity contribution is 0.403. The molecule has 94 valence electrons. The van der Waals surface area contributed by atoms with E-state index in [1.807, 2.05) is 0 Å². The fraction of sp³-hybridized carbons (Fsp3) is 0.0769. The Morgan fingerprint density at radius 3 is 2.50 bits per heavy atom. The third kappa shape index (κ3) is 2.84. The Bertz CT molecular complexity index is 523. The van der Waals surface area contributed by atoms with Crippen molar-refractivity contribution in [3.63, 3.8) is 0 Å². The van der Waals surface area contributed by atoms with Gasteiger partial charge in [0, 0.05) is 12.2 Å². The van der Waals surface area contributed by atoms with Crippen molar-refractivity contribution in [1.29, 1.82) is 0 Å². The van der Waals surface area contributed by atoms with Gasteiger partial charge in [0.05, 0.1) is 5.02 Å². The molecule has 3 N–H and O–H groups in total. The summed E-state index contributed by atoms with van der Waals surface area (Å²) in [4.78, 5) is 0. The number of halogens is 2. The number of rotatable bonds is 3. The molecule has 0 amide bonds. The highest BCUT2D eigenvalue weighted by Crippen LogP contribution is 2.25. The van der Waals surface area contributed by atoms with Crippen molar-refractivity contribution in [3.8, 4) is 11.5 Å². The standard InChI is InChI=1S/C13H11ClFNO2/c14-10-6-9(2-3-11(10)15)16-7-8-1-4-12(17)13(18)5-8/h1-6,16-18H,7H2. The molecule has 0 aromatic heterocycles. The number of hydrogen-bond donors (Lipinski definition) is 3. The first-order valence-corrected chi connectivity index (χ1v) is 5.64. The number of anilines is 1. The van der Waals surface area contributed by atoms with Crippen LogP contribution in [0.3, 0.4) is 0 Å². The third-order valence-corrected chi connectivity index (χ3v) is 2.75. The van der Waals surface area contributed by atoms with E-state index in [4.69, 9.17) is 16.7 Å². The smallest absolute Gasteiger partial charge is 0.157 e. The van der Waals surface area contributed by atoms with Crippen molar-refractivity contribution in [2.75, 3.05) is 5.32 Å². The van der Waals surface area contributed by atoms with Crippen molar-refractivity contribution >= 4 is 17.3 Å². The van der Waals surface area contributed by atoms with Gasteiger partial charge in [0.2, 0.25) is 0 Å². The van der Waals surface area contributed by atoms with Crippen LogP contribution in [0.1, 0.15) is 5.56 Å². The first-order valence-electron chi connectivity index (χ1n) is 5.26. The van der Waals surface area contributed by atoms with Gasteiger partial charge in [-0.2, -0.15) is 0 Å². The van der Waals surface area contributed by atoms with E-state index in [0.717, 1.165) is 5.56 Å². The molecule has 3 nitrogen and oxygen atoms in total. The van der Waals surface area contributed by atoms with Crippen LogP contribution in [0, 0.1) is 5.82 Å². The molecule has 0 bridgehead atoms. The second-order valence-electron chi connectivity index (χ2n) is 3.81. The van der Waals surface area contributed by atoms with E-state index in [1.54, 1.807) is 12.1 Å². The number of nitrogens with one attached hydrogen (secondary N) is 1. The monoisotopic (exact) mass is 267 g/mol. The minimum Gasteiger partial charge on any atom is -0.504 e. The van der Waals surface area contributed by atoms with E-state index in [-0.39, 0.29) is 16.5 Å². The molecule has 0 aliphatic carbocycles. The summed E-state index contributed by atoms with van der Waals surface area (Å²) in [5, 5.41) is 21.6. The number of benzene rings is 2. The summed E-state index contributed by atoms with van der Waals surface area (Å²) in [7, 11) is 0. The highest BCUT2D eigenvalue weighted by atomic mass is 35.5. The zero-order chi connectivity index (χ0) is 13.1. The number of hydrogen-bond acceptors (Lipinski definition) is 3. The molecule has 2 aromatic carbocycles. The van der Waals surface area contributed by atoms with Crippen LogP contribution >= 0.6 is 11.6 Å². The lowest BCUT2D eigenvalue weighted by Gasteiger charge is -2.08. The van der Waals surface area contributed by atoms with E-state index in [2.05, 4.69) is 5.32 Å². The maximum Gasteiger partial charge on any atom is 0.157 e. The normalized spacial score (nSPS) is 10.3. The molecule has 0 spiro atoms. The second-order valence-corrected chi connectivity index (χ2v) is 4.21. The van der Waals surface area contributed by atoms with E-state index in [9.17, 15) is 9.50 Å². The third-order valence-electron chi connectivity index (χ3n) is 2.46. The Balaban J connectivity index is 2.06. The molecular formula is C13H11ClFNO2. The maximum atomic E-state index is 12.9. The number of phenolic OH excluding ortho intramolecular Hbond substituents is 2. The molecule has 0 atom stereocenters. The van der Waals surface area contributed by atoms with Crippen molar-refractivity contribution in [2.45, 2.75) is 6.54 Å². The first-order chi connectivity index (χ1) is 8.56. The van der Waals surface area contributed by atoms with Crippen LogP contribution in [0.2, 0.25) is 5.02 Å². The van der Waals surface area contributed by atoms with Gasteiger partial charge in [0.25, 0.3) is 0 Å². The molecule has 2 aromatic rings. The Labute approximate surface area is 108 Å². The summed E-state index contributed by atoms with van der Waals surface area (Å²) < 4.78 is 12.9. The first kappa shape index (κ1) is 12.5. The van der Waals surface area contributed by atoms with Gasteiger partial charge in [-0.05, 0) is 35.9 Å². The van der Waals surface area contributed by atoms with Crippen molar-refractivity contribution < 1.29 is 14.6 Å². The average Bonchev–Trinajstić information content (AvgIpc) is 2.35. The Morgan fingerprint density at radius 2 is 1.83 bits per heavy atom. The van der Waals surface area contributed by atoms with Crippen molar-refractivity contribution in [1.82, 2.24) is 0 Å². The highest BCUT2D eigenvalue weighted by Gasteiger charge is 2.03. The van der Waals surface area contributed by atoms with Crippen LogP contribution in [0.25, 0.3) is 0 Å². The van der Waals surface area contributed by atoms with Crippen LogP contribution in [0.4, 0.5) is 10.1 Å². The summed E-state index contributed by atoms with van der Waals surface area (Å²) in [6.45, 7) is 0.426. The predicted molar refractivity (Wildman–Crippen MR) is 68.5 cm³/mol. The quantitative estimate of drug-likeness (QED) is 0.746. The lowest BCUT2D eigenvalue weighted by Crippen LogP contribution is -1.99. The molecule has 18 heavy (non-hydrogen) atoms. The molecule has 5 heteroatoms. The van der Waals surface area contributed by atoms with E-state index in [1.165, 1.54) is 24.3 Å². The predicted octanol–water partition coefficient (Wildman–Crippen LogP) is 3.50. The van der Waals surface area contributed by atoms with Gasteiger partial charge in [-0.25, -0.2) is 4.39 Å². The summed E-state index contributed by atoms with van der Waals surface area (Å²) in [6, 6.07) is 8.86. The van der Waals surface area contributed by atoms with E-state index >= 15 is 0 Å². The fourth-order valence-electron chi connectivity index (χ4n) is 1.49. The van der Waals surface area contributed by atoms with Crippen molar-refractivity contribution in [3.05, 3.63) is 52.8 Å². The molecular weight excluding hydrogens is 257 g/mol. The summed E-state index contributed by atoms with van der Waals surface area (Å²) in [5.41, 5.74) is 1.46. The number of aromatic hydroxyl groups is 2. The molecule has 0 radical (unpaired) electrons. The average molecular weight is 268 g/mol. The second kappa shape index (κ2) is 5.14. The lowest BCUT2D eigenvalue weighted by atomic mass is 10.2. The van der Waals surface area contributed by atoms with E-state index < -0.39 is 5.82 Å². The summed E-state index contributed by atoms with van der Waals surface area (Å²) in [6.07, 6.45) is 0. The van der Waals surface area contributed by atoms with Crippen LogP contribution in [-0.4, -0.2) is 10.2 Å². The molecule has 2 rings (SSSR count). The molecule has 0 saturated carbocycles. The van der Waals surface area contributed by atoms with E-state index in [0.29, 0.717) is 12.2 Å². The molecule has 0 aliphatic rings. The Morgan fingerprint density at radius 1 is 1.06 bits per heavy atom.